The fourth-order valence-electron chi connectivity index (χ4n) is 0.114. The zero-order chi connectivity index (χ0) is 5.70. The fraction of sp³-hybridized carbons (Fsp3) is 0. The molecule has 0 radical (unpaired) electrons. The van der Waals surface area contributed by atoms with Gasteiger partial charge in [0.05, 0.1) is 10.7 Å². The van der Waals surface area contributed by atoms with Crippen LogP contribution in [0.3, 0.4) is 0 Å². The molecule has 0 unspecified atom stereocenters. The van der Waals surface area contributed by atoms with Crippen LogP contribution in [0.1, 0.15) is 0 Å². The molecular formula is C3H6BrN3. The minimum atomic E-state index is 0.676. The molecule has 0 aromatic heterocycles. The molecule has 0 aliphatic heterocycles. The topological polar surface area (TPSA) is 64.4 Å². The van der Waals surface area contributed by atoms with Gasteiger partial charge in [0.2, 0.25) is 0 Å². The van der Waals surface area contributed by atoms with Crippen LogP contribution in [-0.2, 0) is 0 Å². The number of nitrogens with zero attached hydrogens (tertiary/aromatic N) is 1. The van der Waals surface area contributed by atoms with Crippen molar-refractivity contribution in [1.29, 1.82) is 0 Å². The highest BCUT2D eigenvalue weighted by Crippen LogP contribution is 1.95. The van der Waals surface area contributed by atoms with Crippen molar-refractivity contribution in [3.05, 3.63) is 10.7 Å². The minimum absolute atomic E-state index is 0.676. The zero-order valence-electron chi connectivity index (χ0n) is 3.63. The summed E-state index contributed by atoms with van der Waals surface area (Å²) in [7, 11) is 0. The summed E-state index contributed by atoms with van der Waals surface area (Å²) in [6.45, 7) is 0. The molecule has 0 atom stereocenters. The van der Waals surface area contributed by atoms with Crippen LogP contribution in [-0.4, -0.2) is 6.21 Å². The van der Waals surface area contributed by atoms with Gasteiger partial charge in [0, 0.05) is 6.20 Å². The number of hydrogen-bond acceptors (Lipinski definition) is 3. The van der Waals surface area contributed by atoms with Crippen LogP contribution in [0.4, 0.5) is 0 Å². The maximum atomic E-state index is 5.00. The second kappa shape index (κ2) is 3.67. The Bertz CT molecular complexity index is 96.4. The van der Waals surface area contributed by atoms with Gasteiger partial charge in [-0.15, -0.1) is 0 Å². The van der Waals surface area contributed by atoms with Gasteiger partial charge < -0.3 is 11.6 Å². The Hall–Kier alpha value is -0.510. The first-order valence-corrected chi connectivity index (χ1v) is 2.41. The molecule has 0 amide bonds. The Kier molecular flexibility index (Phi) is 3.40. The lowest BCUT2D eigenvalue weighted by molar-refractivity contribution is 1.27. The van der Waals surface area contributed by atoms with Crippen LogP contribution in [0.25, 0.3) is 0 Å². The second-order valence-electron chi connectivity index (χ2n) is 0.830. The van der Waals surface area contributed by atoms with Crippen LogP contribution >= 0.6 is 15.9 Å². The minimum Gasteiger partial charge on any atom is -0.404 e. The number of nitrogens with two attached hydrogens (primary N) is 2. The third kappa shape index (κ3) is 3.32. The van der Waals surface area contributed by atoms with E-state index in [0.717, 1.165) is 0 Å². The van der Waals surface area contributed by atoms with Gasteiger partial charge in [0.15, 0.2) is 0 Å². The summed E-state index contributed by atoms with van der Waals surface area (Å²) in [4.78, 5) is 0. The fourth-order valence-corrected chi connectivity index (χ4v) is 0.232. The third-order valence-corrected chi connectivity index (χ3v) is 0.826. The molecule has 0 rings (SSSR count). The second-order valence-corrected chi connectivity index (χ2v) is 1.75. The Balaban J connectivity index is 3.58. The molecule has 0 aromatic carbocycles. The van der Waals surface area contributed by atoms with Crippen LogP contribution in [0.2, 0.25) is 0 Å². The van der Waals surface area contributed by atoms with E-state index in [0.29, 0.717) is 4.48 Å². The Morgan fingerprint density at radius 1 is 1.71 bits per heavy atom. The van der Waals surface area contributed by atoms with Gasteiger partial charge in [-0.05, 0) is 15.9 Å². The lowest BCUT2D eigenvalue weighted by atomic mass is 10.7. The Morgan fingerprint density at radius 3 is 2.43 bits per heavy atom. The van der Waals surface area contributed by atoms with E-state index in [4.69, 9.17) is 11.6 Å². The first kappa shape index (κ1) is 6.49. The summed E-state index contributed by atoms with van der Waals surface area (Å²) in [5.74, 6) is 4.75. The van der Waals surface area contributed by atoms with Crippen LogP contribution in [0, 0.1) is 0 Å². The summed E-state index contributed by atoms with van der Waals surface area (Å²) >= 11 is 3.04. The molecule has 0 saturated heterocycles. The van der Waals surface area contributed by atoms with Gasteiger partial charge in [-0.3, -0.25) is 0 Å². The van der Waals surface area contributed by atoms with Crippen LogP contribution in [0.5, 0.6) is 0 Å². The molecule has 7 heavy (non-hydrogen) atoms. The van der Waals surface area contributed by atoms with Crippen molar-refractivity contribution in [3.63, 3.8) is 0 Å². The molecule has 4 heteroatoms. The number of hydrogen-bond donors (Lipinski definition) is 2. The zero-order valence-corrected chi connectivity index (χ0v) is 5.22. The summed E-state index contributed by atoms with van der Waals surface area (Å²) in [5, 5.41) is 3.19. The molecule has 0 aliphatic rings. The first-order valence-electron chi connectivity index (χ1n) is 1.62. The predicted octanol–water partition coefficient (Wildman–Crippen LogP) is 0.126. The predicted molar refractivity (Wildman–Crippen MR) is 33.9 cm³/mol. The normalized spacial score (nSPS) is 13.0. The molecule has 0 aromatic rings. The van der Waals surface area contributed by atoms with Gasteiger partial charge in [-0.25, -0.2) is 0 Å². The molecule has 0 aliphatic carbocycles. The Morgan fingerprint density at radius 2 is 2.29 bits per heavy atom. The molecule has 3 nitrogen and oxygen atoms in total. The van der Waals surface area contributed by atoms with E-state index in [1.54, 1.807) is 0 Å². The summed E-state index contributed by atoms with van der Waals surface area (Å²) in [5.41, 5.74) is 5.00. The summed E-state index contributed by atoms with van der Waals surface area (Å²) < 4.78 is 0.676. The number of allylic oxidation sites excluding steroid dienone is 1. The van der Waals surface area contributed by atoms with Crippen LogP contribution < -0.4 is 11.6 Å². The van der Waals surface area contributed by atoms with Gasteiger partial charge in [0.1, 0.15) is 0 Å². The first-order chi connectivity index (χ1) is 3.31. The highest BCUT2D eigenvalue weighted by Gasteiger charge is 1.75. The average Bonchev–Trinajstić information content (AvgIpc) is 1.68. The van der Waals surface area contributed by atoms with E-state index in [-0.39, 0.29) is 0 Å². The highest BCUT2D eigenvalue weighted by atomic mass is 79.9. The molecule has 0 spiro atoms. The van der Waals surface area contributed by atoms with Crippen molar-refractivity contribution in [2.75, 3.05) is 0 Å². The van der Waals surface area contributed by atoms with Crippen molar-refractivity contribution in [2.45, 2.75) is 0 Å². The maximum absolute atomic E-state index is 5.00. The van der Waals surface area contributed by atoms with Gasteiger partial charge in [0.25, 0.3) is 0 Å². The maximum Gasteiger partial charge on any atom is 0.0622 e. The SMILES string of the molecule is N/C=C(Br)\C=N/N. The van der Waals surface area contributed by atoms with Crippen molar-refractivity contribution in [1.82, 2.24) is 0 Å². The molecule has 0 bridgehead atoms. The highest BCUT2D eigenvalue weighted by molar-refractivity contribution is 9.12. The number of rotatable bonds is 1. The van der Waals surface area contributed by atoms with E-state index >= 15 is 0 Å². The standard InChI is InChI=1S/C3H6BrN3/c4-3(1-5)2-7-6/h1-2H,5-6H2/b3-1+,7-2-. The molecule has 40 valence electrons. The van der Waals surface area contributed by atoms with Crippen molar-refractivity contribution in [2.24, 2.45) is 16.7 Å². The van der Waals surface area contributed by atoms with Gasteiger partial charge in [-0.2, -0.15) is 5.10 Å². The lowest BCUT2D eigenvalue weighted by Crippen LogP contribution is -1.85. The number of halogens is 1. The van der Waals surface area contributed by atoms with Crippen molar-refractivity contribution >= 4 is 22.1 Å². The molecular weight excluding hydrogens is 158 g/mol. The van der Waals surface area contributed by atoms with E-state index in [1.807, 2.05) is 0 Å². The largest absolute Gasteiger partial charge is 0.404 e. The summed E-state index contributed by atoms with van der Waals surface area (Å²) in [6, 6.07) is 0. The Labute approximate surface area is 50.2 Å². The number of hydrazone groups is 1. The quantitative estimate of drug-likeness (QED) is 0.328. The lowest BCUT2D eigenvalue weighted by Gasteiger charge is -1.78. The van der Waals surface area contributed by atoms with E-state index in [1.165, 1.54) is 12.4 Å². The van der Waals surface area contributed by atoms with E-state index < -0.39 is 0 Å². The molecule has 0 fully saturated rings. The average molecular weight is 164 g/mol. The van der Waals surface area contributed by atoms with E-state index in [9.17, 15) is 0 Å². The van der Waals surface area contributed by atoms with Crippen molar-refractivity contribution in [3.8, 4) is 0 Å². The molecule has 0 heterocycles. The molecule has 4 N–H and O–H groups in total. The van der Waals surface area contributed by atoms with E-state index in [2.05, 4.69) is 21.0 Å². The monoisotopic (exact) mass is 163 g/mol. The summed E-state index contributed by atoms with van der Waals surface area (Å²) in [6.07, 6.45) is 2.76. The van der Waals surface area contributed by atoms with Gasteiger partial charge in [-0.1, -0.05) is 0 Å². The molecule has 0 saturated carbocycles. The van der Waals surface area contributed by atoms with Gasteiger partial charge >= 0.3 is 0 Å². The smallest absolute Gasteiger partial charge is 0.0622 e. The van der Waals surface area contributed by atoms with Crippen LogP contribution in [0.15, 0.2) is 15.8 Å². The van der Waals surface area contributed by atoms with Crippen molar-refractivity contribution < 1.29 is 0 Å². The third-order valence-electron chi connectivity index (χ3n) is 0.357.